The van der Waals surface area contributed by atoms with Gasteiger partial charge >= 0.3 is 0 Å². The summed E-state index contributed by atoms with van der Waals surface area (Å²) in [6, 6.07) is 8.34. The Morgan fingerprint density at radius 2 is 1.80 bits per heavy atom. The smallest absolute Gasteiger partial charge is 0.159 e. The third-order valence-electron chi connectivity index (χ3n) is 2.71. The quantitative estimate of drug-likeness (QED) is 0.704. The van der Waals surface area contributed by atoms with Crippen molar-refractivity contribution in [1.29, 1.82) is 0 Å². The maximum absolute atomic E-state index is 11.1. The second-order valence-corrected chi connectivity index (χ2v) is 4.07. The van der Waals surface area contributed by atoms with Gasteiger partial charge in [-0.1, -0.05) is 31.2 Å². The molecule has 0 radical (unpaired) electrons. The highest BCUT2D eigenvalue weighted by Crippen LogP contribution is 2.21. The van der Waals surface area contributed by atoms with E-state index in [1.54, 1.807) is 6.92 Å². The predicted octanol–water partition coefficient (Wildman–Crippen LogP) is 2.90. The van der Waals surface area contributed by atoms with Crippen LogP contribution in [0.5, 0.6) is 0 Å². The monoisotopic (exact) mass is 205 g/mol. The lowest BCUT2D eigenvalue weighted by molar-refractivity contribution is 0.101. The summed E-state index contributed by atoms with van der Waals surface area (Å²) < 4.78 is 0. The molecule has 0 aliphatic heterocycles. The Labute approximate surface area is 91.9 Å². The Balaban J connectivity index is 2.92. The fourth-order valence-corrected chi connectivity index (χ4v) is 1.84. The van der Waals surface area contributed by atoms with E-state index in [-0.39, 0.29) is 5.78 Å². The molecular weight excluding hydrogens is 186 g/mol. The highest BCUT2D eigenvalue weighted by molar-refractivity contribution is 5.94. The van der Waals surface area contributed by atoms with E-state index >= 15 is 0 Å². The molecule has 1 aromatic rings. The van der Waals surface area contributed by atoms with Crippen LogP contribution < -0.4 is 0 Å². The fourth-order valence-electron chi connectivity index (χ4n) is 1.84. The highest BCUT2D eigenvalue weighted by atomic mass is 16.1. The summed E-state index contributed by atoms with van der Waals surface area (Å²) in [6.07, 6.45) is 1.08. The second-order valence-electron chi connectivity index (χ2n) is 4.07. The fraction of sp³-hybridized carbons (Fsp3) is 0.462. The first kappa shape index (κ1) is 11.9. The molecule has 0 heterocycles. The van der Waals surface area contributed by atoms with E-state index < -0.39 is 0 Å². The first-order valence-corrected chi connectivity index (χ1v) is 5.33. The molecule has 0 amide bonds. The van der Waals surface area contributed by atoms with Crippen LogP contribution in [-0.2, 0) is 0 Å². The Kier molecular flexibility index (Phi) is 4.04. The summed E-state index contributed by atoms with van der Waals surface area (Å²) >= 11 is 0. The number of benzene rings is 1. The minimum absolute atomic E-state index is 0.124. The Morgan fingerprint density at radius 3 is 2.13 bits per heavy atom. The molecule has 1 rings (SSSR count). The lowest BCUT2D eigenvalue weighted by Gasteiger charge is -2.23. The molecule has 2 nitrogen and oxygen atoms in total. The van der Waals surface area contributed by atoms with E-state index in [4.69, 9.17) is 0 Å². The van der Waals surface area contributed by atoms with Crippen LogP contribution in [0.1, 0.15) is 42.2 Å². The van der Waals surface area contributed by atoms with Crippen molar-refractivity contribution in [3.63, 3.8) is 0 Å². The summed E-state index contributed by atoms with van der Waals surface area (Å²) in [5, 5.41) is 0. The molecular formula is C13H19NO. The number of carbonyl (C=O) groups is 1. The summed E-state index contributed by atoms with van der Waals surface area (Å²) in [7, 11) is 4.15. The summed E-state index contributed by atoms with van der Waals surface area (Å²) in [5.41, 5.74) is 2.06. The molecule has 0 bridgehead atoms. The lowest BCUT2D eigenvalue weighted by Crippen LogP contribution is -2.19. The third kappa shape index (κ3) is 2.90. The minimum atomic E-state index is 0.124. The number of hydrogen-bond donors (Lipinski definition) is 0. The number of nitrogens with zero attached hydrogens (tertiary/aromatic N) is 1. The molecule has 1 atom stereocenters. The van der Waals surface area contributed by atoms with Crippen LogP contribution in [0, 0.1) is 0 Å². The van der Waals surface area contributed by atoms with Crippen LogP contribution in [0.4, 0.5) is 0 Å². The van der Waals surface area contributed by atoms with Crippen molar-refractivity contribution in [2.24, 2.45) is 0 Å². The third-order valence-corrected chi connectivity index (χ3v) is 2.71. The molecule has 0 N–H and O–H groups in total. The Morgan fingerprint density at radius 1 is 1.27 bits per heavy atom. The molecule has 0 aromatic heterocycles. The van der Waals surface area contributed by atoms with Crippen LogP contribution in [-0.4, -0.2) is 24.8 Å². The van der Waals surface area contributed by atoms with Crippen LogP contribution in [0.3, 0.4) is 0 Å². The molecule has 0 aliphatic rings. The van der Waals surface area contributed by atoms with Crippen molar-refractivity contribution in [2.75, 3.05) is 14.1 Å². The van der Waals surface area contributed by atoms with Gasteiger partial charge in [-0.2, -0.15) is 0 Å². The van der Waals surface area contributed by atoms with Gasteiger partial charge in [-0.3, -0.25) is 4.79 Å². The van der Waals surface area contributed by atoms with Crippen molar-refractivity contribution in [3.05, 3.63) is 35.4 Å². The topological polar surface area (TPSA) is 20.3 Å². The van der Waals surface area contributed by atoms with Gasteiger partial charge in [0.1, 0.15) is 0 Å². The summed E-state index contributed by atoms with van der Waals surface area (Å²) in [5.74, 6) is 0.124. The van der Waals surface area contributed by atoms with Crippen molar-refractivity contribution in [3.8, 4) is 0 Å². The Hall–Kier alpha value is -1.15. The number of hydrogen-bond acceptors (Lipinski definition) is 2. The van der Waals surface area contributed by atoms with Gasteiger partial charge in [0.05, 0.1) is 0 Å². The lowest BCUT2D eigenvalue weighted by atomic mass is 10.0. The van der Waals surface area contributed by atoms with E-state index in [0.29, 0.717) is 6.04 Å². The zero-order chi connectivity index (χ0) is 11.4. The molecule has 0 fully saturated rings. The first-order chi connectivity index (χ1) is 7.06. The molecule has 15 heavy (non-hydrogen) atoms. The summed E-state index contributed by atoms with van der Waals surface area (Å²) in [6.45, 7) is 3.77. The number of Topliss-reactive ketones (excluding diaryl/α,β-unsaturated/α-hetero) is 1. The average Bonchev–Trinajstić information content (AvgIpc) is 2.19. The standard InChI is InChI=1S/C13H19NO/c1-5-13(14(3)4)12-8-6-11(7-9-12)10(2)15/h6-9,13H,5H2,1-4H3. The maximum atomic E-state index is 11.1. The van der Waals surface area contributed by atoms with Crippen molar-refractivity contribution >= 4 is 5.78 Å². The van der Waals surface area contributed by atoms with Crippen molar-refractivity contribution in [1.82, 2.24) is 4.90 Å². The average molecular weight is 205 g/mol. The first-order valence-electron chi connectivity index (χ1n) is 5.33. The molecule has 0 saturated carbocycles. The van der Waals surface area contributed by atoms with Gasteiger partial charge < -0.3 is 4.90 Å². The zero-order valence-corrected chi connectivity index (χ0v) is 9.95. The van der Waals surface area contributed by atoms with Crippen LogP contribution in [0.2, 0.25) is 0 Å². The van der Waals surface area contributed by atoms with Gasteiger partial charge in [-0.15, -0.1) is 0 Å². The van der Waals surface area contributed by atoms with Gasteiger partial charge in [-0.25, -0.2) is 0 Å². The highest BCUT2D eigenvalue weighted by Gasteiger charge is 2.11. The van der Waals surface area contributed by atoms with E-state index in [9.17, 15) is 4.79 Å². The molecule has 82 valence electrons. The van der Waals surface area contributed by atoms with Crippen LogP contribution in [0.25, 0.3) is 0 Å². The largest absolute Gasteiger partial charge is 0.302 e. The normalized spacial score (nSPS) is 12.9. The molecule has 1 unspecified atom stereocenters. The summed E-state index contributed by atoms with van der Waals surface area (Å²) in [4.78, 5) is 13.3. The molecule has 0 aliphatic carbocycles. The molecule has 0 spiro atoms. The van der Waals surface area contributed by atoms with Crippen molar-refractivity contribution < 1.29 is 4.79 Å². The van der Waals surface area contributed by atoms with Gasteiger partial charge in [0.2, 0.25) is 0 Å². The zero-order valence-electron chi connectivity index (χ0n) is 9.95. The van der Waals surface area contributed by atoms with Crippen LogP contribution in [0.15, 0.2) is 24.3 Å². The van der Waals surface area contributed by atoms with Gasteiger partial charge in [0.15, 0.2) is 5.78 Å². The molecule has 0 saturated heterocycles. The Bertz CT molecular complexity index is 327. The SMILES string of the molecule is CCC(c1ccc(C(C)=O)cc1)N(C)C. The van der Waals surface area contributed by atoms with Gasteiger partial charge in [-0.05, 0) is 33.0 Å². The van der Waals surface area contributed by atoms with Gasteiger partial charge in [0.25, 0.3) is 0 Å². The van der Waals surface area contributed by atoms with Crippen molar-refractivity contribution in [2.45, 2.75) is 26.3 Å². The van der Waals surface area contributed by atoms with E-state index in [1.165, 1.54) is 5.56 Å². The maximum Gasteiger partial charge on any atom is 0.159 e. The molecule has 2 heteroatoms. The molecule has 1 aromatic carbocycles. The van der Waals surface area contributed by atoms with E-state index in [0.717, 1.165) is 12.0 Å². The number of ketones is 1. The predicted molar refractivity (Wildman–Crippen MR) is 63.2 cm³/mol. The van der Waals surface area contributed by atoms with Gasteiger partial charge in [0, 0.05) is 11.6 Å². The second kappa shape index (κ2) is 5.08. The van der Waals surface area contributed by atoms with E-state index in [2.05, 4.69) is 25.9 Å². The van der Waals surface area contributed by atoms with E-state index in [1.807, 2.05) is 24.3 Å². The van der Waals surface area contributed by atoms with Crippen LogP contribution >= 0.6 is 0 Å². The number of rotatable bonds is 4. The minimum Gasteiger partial charge on any atom is -0.302 e. The number of carbonyl (C=O) groups excluding carboxylic acids is 1.